The van der Waals surface area contributed by atoms with E-state index in [0.717, 1.165) is 17.7 Å². The number of fused-ring (bicyclic) bond motifs is 2. The number of rotatable bonds is 3. The number of halogens is 4. The topological polar surface area (TPSA) is 32.3 Å². The summed E-state index contributed by atoms with van der Waals surface area (Å²) in [6.45, 7) is 0. The van der Waals surface area contributed by atoms with Crippen molar-refractivity contribution in [2.45, 2.75) is 56.2 Å². The molecule has 2 aliphatic heterocycles. The van der Waals surface area contributed by atoms with Crippen molar-refractivity contribution < 1.29 is 22.4 Å². The van der Waals surface area contributed by atoms with Crippen LogP contribution in [0.2, 0.25) is 0 Å². The van der Waals surface area contributed by atoms with E-state index in [-0.39, 0.29) is 18.1 Å². The molecule has 2 rings (SSSR count). The highest BCUT2D eigenvalue weighted by Crippen LogP contribution is 2.32. The highest BCUT2D eigenvalue weighted by Gasteiger charge is 2.52. The predicted molar refractivity (Wildman–Crippen MR) is 56.7 cm³/mol. The van der Waals surface area contributed by atoms with E-state index in [9.17, 15) is 22.4 Å². The summed E-state index contributed by atoms with van der Waals surface area (Å²) in [5.41, 5.74) is 0. The average molecular weight is 268 g/mol. The molecule has 2 unspecified atom stereocenters. The van der Waals surface area contributed by atoms with Crippen LogP contribution in [0.1, 0.15) is 25.7 Å². The summed E-state index contributed by atoms with van der Waals surface area (Å²) in [6, 6.07) is 0.0502. The van der Waals surface area contributed by atoms with Crippen molar-refractivity contribution in [1.29, 1.82) is 0 Å². The summed E-state index contributed by atoms with van der Waals surface area (Å²) < 4.78 is 50.3. The normalized spacial score (nSPS) is 31.8. The van der Waals surface area contributed by atoms with Gasteiger partial charge in [-0.15, -0.1) is 0 Å². The fourth-order valence-corrected chi connectivity index (χ4v) is 2.84. The summed E-state index contributed by atoms with van der Waals surface area (Å²) in [4.78, 5) is 12.2. The first-order valence-corrected chi connectivity index (χ1v) is 6.01. The van der Waals surface area contributed by atoms with E-state index in [4.69, 9.17) is 0 Å². The molecule has 2 aliphatic rings. The Labute approximate surface area is 103 Å². The van der Waals surface area contributed by atoms with E-state index in [1.54, 1.807) is 0 Å². The second kappa shape index (κ2) is 4.68. The first-order chi connectivity index (χ1) is 8.32. The lowest BCUT2D eigenvalue weighted by Crippen LogP contribution is -2.54. The molecule has 0 aromatic rings. The second-order valence-corrected chi connectivity index (χ2v) is 5.10. The number of alkyl halides is 4. The molecule has 0 saturated carbocycles. The van der Waals surface area contributed by atoms with Gasteiger partial charge in [-0.05, 0) is 25.7 Å². The summed E-state index contributed by atoms with van der Waals surface area (Å²) in [6.07, 6.45) is -0.940. The standard InChI is InChI=1S/C11H16F4N2O/c1-17(10(18)11(14,15)9(12)13)8-4-6-2-3-7(5-8)16-6/h6-9,16H,2-5H2,1H3. The van der Waals surface area contributed by atoms with Crippen LogP contribution in [0, 0.1) is 0 Å². The van der Waals surface area contributed by atoms with E-state index in [0.29, 0.717) is 12.8 Å². The number of carbonyl (C=O) groups excluding carboxylic acids is 1. The van der Waals surface area contributed by atoms with Gasteiger partial charge in [0.25, 0.3) is 5.91 Å². The second-order valence-electron chi connectivity index (χ2n) is 5.10. The number of hydrogen-bond acceptors (Lipinski definition) is 2. The van der Waals surface area contributed by atoms with Crippen LogP contribution in [0.5, 0.6) is 0 Å². The number of nitrogens with zero attached hydrogens (tertiary/aromatic N) is 1. The van der Waals surface area contributed by atoms with Crippen molar-refractivity contribution in [3.8, 4) is 0 Å². The summed E-state index contributed by atoms with van der Waals surface area (Å²) in [7, 11) is 1.19. The Balaban J connectivity index is 2.03. The van der Waals surface area contributed by atoms with Gasteiger partial charge in [0.2, 0.25) is 0 Å². The minimum absolute atomic E-state index is 0.212. The maximum Gasteiger partial charge on any atom is 0.383 e. The van der Waals surface area contributed by atoms with Crippen LogP contribution in [0.3, 0.4) is 0 Å². The van der Waals surface area contributed by atoms with Crippen molar-refractivity contribution >= 4 is 5.91 Å². The molecule has 104 valence electrons. The highest BCUT2D eigenvalue weighted by atomic mass is 19.3. The molecule has 2 fully saturated rings. The fourth-order valence-electron chi connectivity index (χ4n) is 2.84. The minimum atomic E-state index is -4.58. The van der Waals surface area contributed by atoms with Crippen LogP contribution >= 0.6 is 0 Å². The molecule has 3 nitrogen and oxygen atoms in total. The van der Waals surface area contributed by atoms with Crippen LogP contribution in [-0.2, 0) is 4.79 Å². The van der Waals surface area contributed by atoms with Crippen molar-refractivity contribution in [3.05, 3.63) is 0 Å². The lowest BCUT2D eigenvalue weighted by atomic mass is 9.98. The molecule has 0 aromatic heterocycles. The monoisotopic (exact) mass is 268 g/mol. The van der Waals surface area contributed by atoms with Gasteiger partial charge in [-0.3, -0.25) is 4.79 Å². The first-order valence-electron chi connectivity index (χ1n) is 6.01. The lowest BCUT2D eigenvalue weighted by molar-refractivity contribution is -0.181. The molecule has 2 saturated heterocycles. The van der Waals surface area contributed by atoms with Crippen LogP contribution in [-0.4, -0.2) is 48.3 Å². The van der Waals surface area contributed by atoms with Crippen molar-refractivity contribution in [1.82, 2.24) is 10.2 Å². The summed E-state index contributed by atoms with van der Waals surface area (Å²) >= 11 is 0. The Morgan fingerprint density at radius 3 is 2.22 bits per heavy atom. The van der Waals surface area contributed by atoms with Crippen LogP contribution < -0.4 is 5.32 Å². The molecule has 2 bridgehead atoms. The number of piperidine rings is 1. The maximum atomic E-state index is 13.0. The number of amides is 1. The number of hydrogen-bond donors (Lipinski definition) is 1. The molecule has 2 atom stereocenters. The van der Waals surface area contributed by atoms with Gasteiger partial charge in [0.05, 0.1) is 0 Å². The minimum Gasteiger partial charge on any atom is -0.337 e. The van der Waals surface area contributed by atoms with Crippen LogP contribution in [0.15, 0.2) is 0 Å². The Morgan fingerprint density at radius 2 is 1.78 bits per heavy atom. The third-order valence-corrected chi connectivity index (χ3v) is 3.88. The van der Waals surface area contributed by atoms with Gasteiger partial charge >= 0.3 is 12.3 Å². The summed E-state index contributed by atoms with van der Waals surface area (Å²) in [5.74, 6) is -6.36. The molecule has 2 heterocycles. The van der Waals surface area contributed by atoms with Gasteiger partial charge < -0.3 is 10.2 Å². The molecule has 7 heteroatoms. The maximum absolute atomic E-state index is 13.0. The van der Waals surface area contributed by atoms with E-state index in [2.05, 4.69) is 5.32 Å². The third-order valence-electron chi connectivity index (χ3n) is 3.88. The molecule has 0 radical (unpaired) electrons. The number of carbonyl (C=O) groups is 1. The number of nitrogens with one attached hydrogen (secondary N) is 1. The van der Waals surface area contributed by atoms with Crippen LogP contribution in [0.25, 0.3) is 0 Å². The largest absolute Gasteiger partial charge is 0.383 e. The van der Waals surface area contributed by atoms with Crippen molar-refractivity contribution in [2.24, 2.45) is 0 Å². The van der Waals surface area contributed by atoms with Gasteiger partial charge in [0.1, 0.15) is 0 Å². The van der Waals surface area contributed by atoms with Gasteiger partial charge in [-0.1, -0.05) is 0 Å². The molecule has 1 amide bonds. The lowest BCUT2D eigenvalue weighted by Gasteiger charge is -2.36. The van der Waals surface area contributed by atoms with Crippen molar-refractivity contribution in [3.63, 3.8) is 0 Å². The van der Waals surface area contributed by atoms with E-state index < -0.39 is 18.3 Å². The Bertz CT molecular complexity index is 325. The SMILES string of the molecule is CN(C(=O)C(F)(F)C(F)F)C1CC2CCC(C1)N2. The van der Waals surface area contributed by atoms with E-state index >= 15 is 0 Å². The molecule has 0 spiro atoms. The van der Waals surface area contributed by atoms with Gasteiger partial charge in [-0.2, -0.15) is 8.78 Å². The quantitative estimate of drug-likeness (QED) is 0.789. The smallest absolute Gasteiger partial charge is 0.337 e. The van der Waals surface area contributed by atoms with Crippen molar-refractivity contribution in [2.75, 3.05) is 7.05 Å². The zero-order valence-electron chi connectivity index (χ0n) is 10.0. The van der Waals surface area contributed by atoms with Gasteiger partial charge in [0, 0.05) is 25.2 Å². The average Bonchev–Trinajstić information content (AvgIpc) is 2.66. The molecular weight excluding hydrogens is 252 g/mol. The third kappa shape index (κ3) is 2.32. The molecule has 0 aliphatic carbocycles. The van der Waals surface area contributed by atoms with Crippen LogP contribution in [0.4, 0.5) is 17.6 Å². The van der Waals surface area contributed by atoms with Gasteiger partial charge in [-0.25, -0.2) is 8.78 Å². The Kier molecular flexibility index (Phi) is 3.53. The first kappa shape index (κ1) is 13.6. The zero-order chi connectivity index (χ0) is 13.5. The van der Waals surface area contributed by atoms with E-state index in [1.807, 2.05) is 0 Å². The molecule has 18 heavy (non-hydrogen) atoms. The Hall–Kier alpha value is -0.850. The van der Waals surface area contributed by atoms with Gasteiger partial charge in [0.15, 0.2) is 0 Å². The fraction of sp³-hybridized carbons (Fsp3) is 0.909. The summed E-state index contributed by atoms with van der Waals surface area (Å²) in [5, 5.41) is 3.30. The molecule has 0 aromatic carbocycles. The Morgan fingerprint density at radius 1 is 1.28 bits per heavy atom. The predicted octanol–water partition coefficient (Wildman–Crippen LogP) is 1.63. The zero-order valence-corrected chi connectivity index (χ0v) is 10.0. The molecule has 1 N–H and O–H groups in total. The molecular formula is C11H16F4N2O. The van der Waals surface area contributed by atoms with E-state index in [1.165, 1.54) is 7.05 Å². The highest BCUT2D eigenvalue weighted by molar-refractivity contribution is 5.84.